The van der Waals surface area contributed by atoms with Crippen LogP contribution in [0.25, 0.3) is 22.0 Å². The highest BCUT2D eigenvalue weighted by atomic mass is 35.5. The standard InChI is InChI=1S/C29H31ClN4O4.C2HF3O2/c1-16-10-17(2)12-19(11-16)26-27(37-9-7-20-6-4-5-8-31-20)22-14-21(23(30)15-24(22)32-29(26)36)28(35)33-25-13-18(3)38-34-25;3-2(4,5)1(6)7/h10-15,20,31H,4-9H2,1-3H3,(H,32,36)(H,33,34,35);(H,6,7). The number of piperidine rings is 1. The van der Waals surface area contributed by atoms with Crippen molar-refractivity contribution in [1.82, 2.24) is 10.1 Å². The Labute approximate surface area is 260 Å². The maximum absolute atomic E-state index is 13.4. The number of carboxylic acids is 1. The minimum Gasteiger partial charge on any atom is -0.542 e. The summed E-state index contributed by atoms with van der Waals surface area (Å²) in [5.74, 6) is -2.13. The normalized spacial score (nSPS) is 14.9. The van der Waals surface area contributed by atoms with Crippen LogP contribution in [0.3, 0.4) is 0 Å². The molecule has 4 aromatic rings. The van der Waals surface area contributed by atoms with Crippen LogP contribution in [0.2, 0.25) is 5.02 Å². The highest BCUT2D eigenvalue weighted by Gasteiger charge is 2.29. The minimum absolute atomic E-state index is 0.202. The lowest BCUT2D eigenvalue weighted by Gasteiger charge is -2.21. The smallest absolute Gasteiger partial charge is 0.430 e. The van der Waals surface area contributed by atoms with Crippen molar-refractivity contribution < 1.29 is 42.4 Å². The molecule has 1 unspecified atom stereocenters. The number of nitrogens with one attached hydrogen (secondary N) is 2. The number of nitrogens with zero attached hydrogens (tertiary/aromatic N) is 1. The van der Waals surface area contributed by atoms with Gasteiger partial charge in [-0.2, -0.15) is 13.2 Å². The first-order chi connectivity index (χ1) is 21.2. The number of aryl methyl sites for hydroxylation is 3. The van der Waals surface area contributed by atoms with Gasteiger partial charge in [-0.05, 0) is 57.7 Å². The number of aromatic nitrogens is 2. The predicted octanol–water partition coefficient (Wildman–Crippen LogP) is 4.20. The molecular weight excluding hydrogens is 617 g/mol. The van der Waals surface area contributed by atoms with Gasteiger partial charge < -0.3 is 34.8 Å². The van der Waals surface area contributed by atoms with Gasteiger partial charge in [0, 0.05) is 17.9 Å². The lowest BCUT2D eigenvalue weighted by atomic mass is 9.98. The fraction of sp³-hybridized carbons (Fsp3) is 0.355. The Hall–Kier alpha value is -4.36. The van der Waals surface area contributed by atoms with E-state index in [9.17, 15) is 22.8 Å². The molecule has 1 saturated heterocycles. The molecule has 1 aliphatic heterocycles. The van der Waals surface area contributed by atoms with Crippen molar-refractivity contribution in [3.8, 4) is 16.9 Å². The number of fused-ring (bicyclic) bond motifs is 1. The first-order valence-electron chi connectivity index (χ1n) is 14.2. The van der Waals surface area contributed by atoms with Crippen molar-refractivity contribution in [3.63, 3.8) is 0 Å². The van der Waals surface area contributed by atoms with E-state index in [1.54, 1.807) is 25.1 Å². The number of quaternary nitrogens is 1. The third kappa shape index (κ3) is 8.64. The molecule has 4 N–H and O–H groups in total. The fourth-order valence-electron chi connectivity index (χ4n) is 5.20. The van der Waals surface area contributed by atoms with Crippen molar-refractivity contribution in [1.29, 1.82) is 0 Å². The Balaban J connectivity index is 0.000000591. The predicted molar refractivity (Wildman–Crippen MR) is 159 cm³/mol. The van der Waals surface area contributed by atoms with Crippen LogP contribution in [0.15, 0.2) is 45.7 Å². The van der Waals surface area contributed by atoms with E-state index < -0.39 is 18.1 Å². The van der Waals surface area contributed by atoms with Crippen LogP contribution >= 0.6 is 11.6 Å². The molecule has 1 fully saturated rings. The van der Waals surface area contributed by atoms with E-state index in [1.807, 2.05) is 26.0 Å². The molecule has 1 atom stereocenters. The Morgan fingerprint density at radius 3 is 2.40 bits per heavy atom. The van der Waals surface area contributed by atoms with Gasteiger partial charge in [-0.15, -0.1) is 0 Å². The van der Waals surface area contributed by atoms with Gasteiger partial charge in [0.05, 0.1) is 40.9 Å². The minimum atomic E-state index is -5.19. The van der Waals surface area contributed by atoms with E-state index in [2.05, 4.69) is 26.8 Å². The summed E-state index contributed by atoms with van der Waals surface area (Å²) in [5, 5.41) is 18.5. The number of pyridine rings is 1. The Morgan fingerprint density at radius 1 is 1.13 bits per heavy atom. The number of rotatable bonds is 7. The molecular formula is C31H32ClF3N4O6. The summed E-state index contributed by atoms with van der Waals surface area (Å²) in [4.78, 5) is 38.3. The lowest BCUT2D eigenvalue weighted by molar-refractivity contribution is -0.698. The average Bonchev–Trinajstić information content (AvgIpc) is 3.36. The highest BCUT2D eigenvalue weighted by molar-refractivity contribution is 6.35. The van der Waals surface area contributed by atoms with Gasteiger partial charge in [-0.1, -0.05) is 46.1 Å². The summed E-state index contributed by atoms with van der Waals surface area (Å²) in [6, 6.07) is 11.4. The highest BCUT2D eigenvalue weighted by Crippen LogP contribution is 2.37. The number of H-pyrrole nitrogens is 1. The Bertz CT molecular complexity index is 1740. The number of anilines is 1. The van der Waals surface area contributed by atoms with Crippen LogP contribution in [0.1, 0.15) is 52.9 Å². The van der Waals surface area contributed by atoms with Gasteiger partial charge in [-0.3, -0.25) is 9.59 Å². The van der Waals surface area contributed by atoms with E-state index in [-0.39, 0.29) is 16.1 Å². The second-order valence-electron chi connectivity index (χ2n) is 10.9. The Kier molecular flexibility index (Phi) is 10.6. The summed E-state index contributed by atoms with van der Waals surface area (Å²) in [5.41, 5.74) is 3.77. The number of nitrogens with two attached hydrogens (primary N) is 1. The van der Waals surface area contributed by atoms with E-state index in [1.165, 1.54) is 12.8 Å². The molecule has 0 radical (unpaired) electrons. The maximum atomic E-state index is 13.4. The topological polar surface area (TPSA) is 154 Å². The SMILES string of the molecule is Cc1cc(C)cc(-c2c(OCCC3CCCC[NH2+]3)c3cc(C(=O)Nc4cc(C)on4)c(Cl)cc3[nH]c2=O)c1.O=C([O-])C(F)(F)F. The number of carbonyl (C=O) groups excluding carboxylic acids is 2. The summed E-state index contributed by atoms with van der Waals surface area (Å²) in [6.45, 7) is 7.33. The van der Waals surface area contributed by atoms with Gasteiger partial charge in [0.2, 0.25) is 0 Å². The molecule has 2 aromatic carbocycles. The van der Waals surface area contributed by atoms with Gasteiger partial charge >= 0.3 is 6.18 Å². The Morgan fingerprint density at radius 2 is 1.82 bits per heavy atom. The third-order valence-corrected chi connectivity index (χ3v) is 7.49. The average molecular weight is 649 g/mol. The second-order valence-corrected chi connectivity index (χ2v) is 11.3. The molecule has 1 aliphatic rings. The number of halogens is 4. The third-order valence-electron chi connectivity index (χ3n) is 7.17. The monoisotopic (exact) mass is 648 g/mol. The summed E-state index contributed by atoms with van der Waals surface area (Å²) >= 11 is 6.51. The maximum Gasteiger partial charge on any atom is 0.430 e. The van der Waals surface area contributed by atoms with E-state index in [0.717, 1.165) is 36.1 Å². The van der Waals surface area contributed by atoms with Crippen molar-refractivity contribution in [2.45, 2.75) is 58.7 Å². The lowest BCUT2D eigenvalue weighted by Crippen LogP contribution is -2.91. The molecule has 0 saturated carbocycles. The van der Waals surface area contributed by atoms with Gasteiger partial charge in [0.15, 0.2) is 5.82 Å². The molecule has 1 amide bonds. The van der Waals surface area contributed by atoms with Crippen molar-refractivity contribution in [2.24, 2.45) is 0 Å². The van der Waals surface area contributed by atoms with Crippen molar-refractivity contribution in [3.05, 3.63) is 74.2 Å². The van der Waals surface area contributed by atoms with E-state index >= 15 is 0 Å². The van der Waals surface area contributed by atoms with Crippen LogP contribution in [0.4, 0.5) is 19.0 Å². The molecule has 5 rings (SSSR count). The van der Waals surface area contributed by atoms with Crippen molar-refractivity contribution >= 4 is 40.2 Å². The second kappa shape index (κ2) is 14.2. The molecule has 0 aliphatic carbocycles. The van der Waals surface area contributed by atoms with Gasteiger partial charge in [0.1, 0.15) is 17.5 Å². The summed E-state index contributed by atoms with van der Waals surface area (Å²) < 4.78 is 43.0. The molecule has 240 valence electrons. The number of aromatic amines is 1. The zero-order valence-corrected chi connectivity index (χ0v) is 25.5. The molecule has 14 heteroatoms. The van der Waals surface area contributed by atoms with Crippen LogP contribution in [-0.4, -0.2) is 47.4 Å². The number of amides is 1. The zero-order valence-electron chi connectivity index (χ0n) is 24.8. The number of hydrogen-bond acceptors (Lipinski definition) is 7. The van der Waals surface area contributed by atoms with Crippen LogP contribution in [-0.2, 0) is 4.79 Å². The first kappa shape index (κ1) is 33.5. The van der Waals surface area contributed by atoms with Gasteiger partial charge in [0.25, 0.3) is 11.5 Å². The number of carbonyl (C=O) groups is 2. The summed E-state index contributed by atoms with van der Waals surface area (Å²) in [7, 11) is 0. The number of alkyl halides is 3. The molecule has 3 heterocycles. The van der Waals surface area contributed by atoms with E-state index in [4.69, 9.17) is 30.8 Å². The van der Waals surface area contributed by atoms with Crippen LogP contribution in [0, 0.1) is 20.8 Å². The van der Waals surface area contributed by atoms with Gasteiger partial charge in [-0.25, -0.2) is 0 Å². The largest absolute Gasteiger partial charge is 0.542 e. The zero-order chi connectivity index (χ0) is 32.9. The number of ether oxygens (including phenoxy) is 1. The quantitative estimate of drug-likeness (QED) is 0.271. The molecule has 0 bridgehead atoms. The molecule has 10 nitrogen and oxygen atoms in total. The number of benzene rings is 2. The molecule has 0 spiro atoms. The molecule has 45 heavy (non-hydrogen) atoms. The fourth-order valence-corrected chi connectivity index (χ4v) is 5.45. The van der Waals surface area contributed by atoms with Crippen LogP contribution < -0.4 is 26.0 Å². The first-order valence-corrected chi connectivity index (χ1v) is 14.6. The van der Waals surface area contributed by atoms with Crippen molar-refractivity contribution in [2.75, 3.05) is 18.5 Å². The number of hydrogen-bond donors (Lipinski definition) is 3. The summed E-state index contributed by atoms with van der Waals surface area (Å²) in [6.07, 6.45) is -0.699. The molecule has 2 aromatic heterocycles. The number of aliphatic carboxylic acids is 1. The van der Waals surface area contributed by atoms with E-state index in [0.29, 0.717) is 46.4 Å². The van der Waals surface area contributed by atoms with Crippen LogP contribution in [0.5, 0.6) is 5.75 Å². The number of carboxylic acid groups (broad SMARTS) is 1.